The molecule has 1 fully saturated rings. The normalized spacial score (nSPS) is 15.7. The Kier molecular flexibility index (Phi) is 12.3. The summed E-state index contributed by atoms with van der Waals surface area (Å²) in [6.45, 7) is 4.06. The van der Waals surface area contributed by atoms with E-state index in [1.807, 2.05) is 111 Å². The number of fused-ring (bicyclic) bond motifs is 16. The number of aromatic nitrogens is 8. The molecule has 83 heavy (non-hydrogen) atoms. The third-order valence-corrected chi connectivity index (χ3v) is 15.4. The molecule has 5 aliphatic heterocycles. The third-order valence-electron chi connectivity index (χ3n) is 15.4. The van der Waals surface area contributed by atoms with Gasteiger partial charge in [0.15, 0.2) is 17.3 Å². The topological polar surface area (TPSA) is 152 Å². The van der Waals surface area contributed by atoms with Gasteiger partial charge >= 0.3 is 0 Å². The highest BCUT2D eigenvalue weighted by Crippen LogP contribution is 2.40. The molecule has 5 aliphatic rings. The minimum absolute atomic E-state index is 0.104. The van der Waals surface area contributed by atoms with Gasteiger partial charge in [-0.05, 0) is 145 Å². The van der Waals surface area contributed by atoms with E-state index in [4.69, 9.17) is 38.9 Å². The second kappa shape index (κ2) is 20.6. The van der Waals surface area contributed by atoms with Gasteiger partial charge in [0.1, 0.15) is 36.8 Å². The number of nitrogens with one attached hydrogen (secondary N) is 4. The van der Waals surface area contributed by atoms with Crippen molar-refractivity contribution in [3.05, 3.63) is 228 Å². The number of aromatic amines is 4. The highest BCUT2D eigenvalue weighted by Gasteiger charge is 2.42. The predicted molar refractivity (Wildman–Crippen MR) is 334 cm³/mol. The van der Waals surface area contributed by atoms with E-state index < -0.39 is 18.0 Å². The molecule has 0 amide bonds. The molecule has 0 spiro atoms. The highest BCUT2D eigenvalue weighted by molar-refractivity contribution is 5.97. The number of H-pyrrole nitrogens is 4. The van der Waals surface area contributed by atoms with Gasteiger partial charge < -0.3 is 38.9 Å². The smallest absolute Gasteiger partial charge is 0.168 e. The zero-order valence-corrected chi connectivity index (χ0v) is 45.4. The summed E-state index contributed by atoms with van der Waals surface area (Å²) in [4.78, 5) is 35.9. The molecule has 4 aromatic carbocycles. The lowest BCUT2D eigenvalue weighted by molar-refractivity contribution is -0.150. The van der Waals surface area contributed by atoms with E-state index in [0.717, 1.165) is 123 Å². The van der Waals surface area contributed by atoms with Gasteiger partial charge in [0.05, 0.1) is 45.2 Å². The molecule has 0 radical (unpaired) electrons. The lowest BCUT2D eigenvalue weighted by atomic mass is 10.0. The summed E-state index contributed by atoms with van der Waals surface area (Å²) >= 11 is 0. The van der Waals surface area contributed by atoms with Crippen molar-refractivity contribution in [2.45, 2.75) is 31.8 Å². The zero-order valence-electron chi connectivity index (χ0n) is 45.4. The number of benzene rings is 4. The Hall–Kier alpha value is -10.4. The van der Waals surface area contributed by atoms with Crippen LogP contribution in [0.1, 0.15) is 59.4 Å². The molecule has 11 heterocycles. The van der Waals surface area contributed by atoms with Gasteiger partial charge in [-0.2, -0.15) is 0 Å². The van der Waals surface area contributed by atoms with Crippen LogP contribution in [0, 0.1) is 0 Å². The van der Waals surface area contributed by atoms with Crippen LogP contribution in [0.4, 0.5) is 0 Å². The molecule has 0 saturated carbocycles. The van der Waals surface area contributed by atoms with Crippen molar-refractivity contribution >= 4 is 92.7 Å². The molecule has 2 atom stereocenters. The van der Waals surface area contributed by atoms with E-state index in [9.17, 15) is 0 Å². The van der Waals surface area contributed by atoms with Crippen LogP contribution in [0.2, 0.25) is 0 Å². The SMILES string of the molecule is CC1(C)O[C@H](COc2c3nc(c(-c4ccccc4)c4ccc(cc5nc(c(-c6ccccc6)c6ccc2[nH]6)C=C5)[nH]4)C=C3)[C@@H](COc2c3nc(c(-c4ccccc4)c4ccc(cc5nc(c(-c6ccccc6)c6ccc2[nH]6)C=C5)[nH]4)C=C3)O1. The molecule has 0 unspecified atom stereocenters. The Morgan fingerprint density at radius 2 is 0.663 bits per heavy atom. The van der Waals surface area contributed by atoms with E-state index in [-0.39, 0.29) is 13.2 Å². The average Bonchev–Trinajstić information content (AvgIpc) is 4.42. The first-order chi connectivity index (χ1) is 40.8. The Morgan fingerprint density at radius 1 is 0.349 bits per heavy atom. The van der Waals surface area contributed by atoms with Crippen LogP contribution >= 0.6 is 0 Å². The highest BCUT2D eigenvalue weighted by atomic mass is 16.8. The number of rotatable bonds is 10. The second-order valence-corrected chi connectivity index (χ2v) is 21.4. The molecule has 1 saturated heterocycles. The summed E-state index contributed by atoms with van der Waals surface area (Å²) in [6, 6.07) is 62.1. The molecular weight excluding hydrogens is 1030 g/mol. The van der Waals surface area contributed by atoms with E-state index in [1.54, 1.807) is 0 Å². The Bertz CT molecular complexity index is 4300. The fraction of sp³-hybridized carbons (Fsp3) is 0.0986. The molecular formula is C71H54N8O4. The van der Waals surface area contributed by atoms with Crippen LogP contribution in [0.25, 0.3) is 137 Å². The quantitative estimate of drug-likeness (QED) is 0.106. The molecule has 402 valence electrons. The summed E-state index contributed by atoms with van der Waals surface area (Å²) in [6.07, 6.45) is 15.2. The first kappa shape index (κ1) is 49.6. The molecule has 16 bridgehead atoms. The Balaban J connectivity index is 0.855. The van der Waals surface area contributed by atoms with Gasteiger partial charge in [0.2, 0.25) is 0 Å². The van der Waals surface area contributed by atoms with Gasteiger partial charge in [-0.3, -0.25) is 0 Å². The van der Waals surface area contributed by atoms with Crippen LogP contribution < -0.4 is 9.47 Å². The lowest BCUT2D eigenvalue weighted by Crippen LogP contribution is -2.34. The van der Waals surface area contributed by atoms with E-state index in [1.165, 1.54) is 0 Å². The molecule has 12 nitrogen and oxygen atoms in total. The minimum Gasteiger partial charge on any atom is -0.486 e. The zero-order chi connectivity index (χ0) is 55.4. The summed E-state index contributed by atoms with van der Waals surface area (Å²) in [7, 11) is 0. The minimum atomic E-state index is -0.970. The first-order valence-corrected chi connectivity index (χ1v) is 27.9. The second-order valence-electron chi connectivity index (χ2n) is 21.4. The van der Waals surface area contributed by atoms with Crippen LogP contribution in [0.3, 0.4) is 0 Å². The summed E-state index contributed by atoms with van der Waals surface area (Å²) in [5.41, 5.74) is 21.1. The third kappa shape index (κ3) is 9.65. The van der Waals surface area contributed by atoms with Gasteiger partial charge in [-0.15, -0.1) is 0 Å². The maximum Gasteiger partial charge on any atom is 0.168 e. The fourth-order valence-corrected chi connectivity index (χ4v) is 11.7. The van der Waals surface area contributed by atoms with Crippen molar-refractivity contribution in [3.8, 4) is 56.0 Å². The summed E-state index contributed by atoms with van der Waals surface area (Å²) < 4.78 is 27.7. The summed E-state index contributed by atoms with van der Waals surface area (Å²) in [5.74, 6) is 0.128. The molecule has 15 rings (SSSR count). The molecule has 10 aromatic rings. The standard InChI is InChI=1S/C71H54N8O4/c1-71(2)82-63(41-80-69-59-35-31-55(76-59)65(43-15-7-3-8-16-43)51-27-23-47(72-51)39-48-24-28-52(73-48)66(44-17-9-4-10-18-44)56-32-36-60(69)77-56)64(83-71)42-81-70-61-37-33-57(78-61)67(45-19-11-5-12-20-45)53-29-25-49(74-53)40-50-26-30-54(75-50)68(46-21-13-6-14-22-46)58-34-38-62(70)79-58/h3-40,63-64,72,74,77,79H,41-42H2,1-2H3/t63-,64-/m1/s1. The number of hydrogen-bond donors (Lipinski definition) is 4. The van der Waals surface area contributed by atoms with Gasteiger partial charge in [0.25, 0.3) is 0 Å². The average molecular weight is 1080 g/mol. The van der Waals surface area contributed by atoms with Crippen molar-refractivity contribution in [1.29, 1.82) is 0 Å². The molecule has 6 aromatic heterocycles. The maximum atomic E-state index is 7.11. The Morgan fingerprint density at radius 3 is 1.05 bits per heavy atom. The number of hydrogen-bond acceptors (Lipinski definition) is 8. The fourth-order valence-electron chi connectivity index (χ4n) is 11.7. The maximum absolute atomic E-state index is 7.11. The predicted octanol–water partition coefficient (Wildman–Crippen LogP) is 16.3. The molecule has 0 aliphatic carbocycles. The van der Waals surface area contributed by atoms with Crippen molar-refractivity contribution in [1.82, 2.24) is 39.9 Å². The van der Waals surface area contributed by atoms with Gasteiger partial charge in [-0.25, -0.2) is 19.9 Å². The number of ether oxygens (including phenoxy) is 4. The lowest BCUT2D eigenvalue weighted by Gasteiger charge is -2.18. The van der Waals surface area contributed by atoms with E-state index >= 15 is 0 Å². The van der Waals surface area contributed by atoms with Crippen molar-refractivity contribution in [3.63, 3.8) is 0 Å². The largest absolute Gasteiger partial charge is 0.486 e. The van der Waals surface area contributed by atoms with Crippen molar-refractivity contribution in [2.75, 3.05) is 13.2 Å². The van der Waals surface area contributed by atoms with Gasteiger partial charge in [-0.1, -0.05) is 121 Å². The summed E-state index contributed by atoms with van der Waals surface area (Å²) in [5, 5.41) is 0. The first-order valence-electron chi connectivity index (χ1n) is 27.9. The van der Waals surface area contributed by atoms with Crippen LogP contribution in [0.5, 0.6) is 11.5 Å². The van der Waals surface area contributed by atoms with Crippen molar-refractivity contribution < 1.29 is 18.9 Å². The Labute approximate surface area is 477 Å². The van der Waals surface area contributed by atoms with Crippen LogP contribution in [-0.2, 0) is 9.47 Å². The monoisotopic (exact) mass is 1080 g/mol. The van der Waals surface area contributed by atoms with Gasteiger partial charge in [0, 0.05) is 55.4 Å². The molecule has 4 N–H and O–H groups in total. The van der Waals surface area contributed by atoms with E-state index in [2.05, 4.69) is 153 Å². The van der Waals surface area contributed by atoms with Crippen LogP contribution in [0.15, 0.2) is 182 Å². The molecule has 12 heteroatoms. The van der Waals surface area contributed by atoms with E-state index in [0.29, 0.717) is 22.9 Å². The van der Waals surface area contributed by atoms with Crippen LogP contribution in [-0.4, -0.2) is 71.1 Å². The van der Waals surface area contributed by atoms with Crippen molar-refractivity contribution in [2.24, 2.45) is 0 Å². The number of nitrogens with zero attached hydrogens (tertiary/aromatic N) is 4.